The lowest BCUT2D eigenvalue weighted by molar-refractivity contribution is 0.385. The van der Waals surface area contributed by atoms with E-state index in [4.69, 9.17) is 4.52 Å². The van der Waals surface area contributed by atoms with Crippen molar-refractivity contribution in [2.24, 2.45) is 0 Å². The van der Waals surface area contributed by atoms with Gasteiger partial charge in [0.15, 0.2) is 0 Å². The molecule has 1 heterocycles. The smallest absolute Gasteiger partial charge is 0.231 e. The summed E-state index contributed by atoms with van der Waals surface area (Å²) in [6.45, 7) is 1.81. The predicted octanol–water partition coefficient (Wildman–Crippen LogP) is 3.48. The maximum absolute atomic E-state index is 13.4. The van der Waals surface area contributed by atoms with Gasteiger partial charge in [-0.1, -0.05) is 17.3 Å². The van der Waals surface area contributed by atoms with Crippen LogP contribution in [0.25, 0.3) is 11.4 Å². The van der Waals surface area contributed by atoms with Gasteiger partial charge in [-0.25, -0.2) is 4.39 Å². The van der Waals surface area contributed by atoms with E-state index in [1.165, 1.54) is 12.1 Å². The number of aryl methyl sites for hydroxylation is 1. The molecule has 0 atom stereocenters. The average Bonchev–Trinajstić information content (AvgIpc) is 2.86. The van der Waals surface area contributed by atoms with Gasteiger partial charge < -0.3 is 9.63 Å². The van der Waals surface area contributed by atoms with E-state index in [1.54, 1.807) is 31.2 Å². The molecule has 0 saturated heterocycles. The summed E-state index contributed by atoms with van der Waals surface area (Å²) in [6, 6.07) is 11.4. The van der Waals surface area contributed by atoms with Crippen molar-refractivity contribution < 1.29 is 14.0 Å². The van der Waals surface area contributed by atoms with Crippen LogP contribution in [0.15, 0.2) is 47.0 Å². The fraction of sp³-hybridized carbons (Fsp3) is 0.125. The number of aromatic nitrogens is 2. The molecule has 4 nitrogen and oxygen atoms in total. The van der Waals surface area contributed by atoms with Gasteiger partial charge in [0.25, 0.3) is 0 Å². The number of phenols is 1. The molecule has 0 spiro atoms. The molecule has 0 aliphatic rings. The van der Waals surface area contributed by atoms with E-state index in [2.05, 4.69) is 10.1 Å². The molecule has 2 aromatic carbocycles. The van der Waals surface area contributed by atoms with Crippen LogP contribution < -0.4 is 0 Å². The monoisotopic (exact) mass is 284 g/mol. The van der Waals surface area contributed by atoms with E-state index in [9.17, 15) is 9.50 Å². The quantitative estimate of drug-likeness (QED) is 0.800. The number of phenolic OH excluding ortho intramolecular Hbond substituents is 1. The fourth-order valence-electron chi connectivity index (χ4n) is 2.15. The molecule has 1 N–H and O–H groups in total. The lowest BCUT2D eigenvalue weighted by Crippen LogP contribution is -1.89. The van der Waals surface area contributed by atoms with Gasteiger partial charge in [0.2, 0.25) is 11.7 Å². The molecule has 5 heteroatoms. The van der Waals surface area contributed by atoms with Crippen molar-refractivity contribution in [2.45, 2.75) is 13.3 Å². The number of hydrogen-bond acceptors (Lipinski definition) is 4. The molecule has 0 amide bonds. The molecular weight excluding hydrogens is 271 g/mol. The highest BCUT2D eigenvalue weighted by Gasteiger charge is 2.11. The van der Waals surface area contributed by atoms with Gasteiger partial charge in [-0.2, -0.15) is 4.98 Å². The topological polar surface area (TPSA) is 59.2 Å². The van der Waals surface area contributed by atoms with Crippen molar-refractivity contribution in [3.05, 3.63) is 65.3 Å². The minimum absolute atomic E-state index is 0.188. The number of aromatic hydroxyl groups is 1. The molecule has 0 fully saturated rings. The maximum Gasteiger partial charge on any atom is 0.231 e. The summed E-state index contributed by atoms with van der Waals surface area (Å²) in [6.07, 6.45) is 0.412. The first kappa shape index (κ1) is 13.3. The number of nitrogens with zero attached hydrogens (tertiary/aromatic N) is 2. The summed E-state index contributed by atoms with van der Waals surface area (Å²) >= 11 is 0. The highest BCUT2D eigenvalue weighted by atomic mass is 19.1. The summed E-state index contributed by atoms with van der Waals surface area (Å²) in [5.41, 5.74) is 2.24. The van der Waals surface area contributed by atoms with Crippen molar-refractivity contribution in [3.63, 3.8) is 0 Å². The van der Waals surface area contributed by atoms with Crippen LogP contribution in [0.5, 0.6) is 5.75 Å². The van der Waals surface area contributed by atoms with Crippen LogP contribution in [-0.4, -0.2) is 15.2 Å². The molecule has 0 aliphatic carbocycles. The summed E-state index contributed by atoms with van der Waals surface area (Å²) < 4.78 is 18.6. The van der Waals surface area contributed by atoms with E-state index >= 15 is 0 Å². The molecule has 3 rings (SSSR count). The largest absolute Gasteiger partial charge is 0.508 e. The predicted molar refractivity (Wildman–Crippen MR) is 75.3 cm³/mol. The second-order valence-electron chi connectivity index (χ2n) is 4.88. The maximum atomic E-state index is 13.4. The Morgan fingerprint density at radius 1 is 1.19 bits per heavy atom. The third-order valence-electron chi connectivity index (χ3n) is 3.03. The minimum Gasteiger partial charge on any atom is -0.508 e. The Hall–Kier alpha value is -2.69. The van der Waals surface area contributed by atoms with Crippen molar-refractivity contribution in [1.82, 2.24) is 10.1 Å². The minimum atomic E-state index is -0.329. The molecule has 106 valence electrons. The van der Waals surface area contributed by atoms with Crippen molar-refractivity contribution in [1.29, 1.82) is 0 Å². The van der Waals surface area contributed by atoms with Crippen molar-refractivity contribution in [2.75, 3.05) is 0 Å². The van der Waals surface area contributed by atoms with E-state index in [-0.39, 0.29) is 11.6 Å². The normalized spacial score (nSPS) is 10.8. The summed E-state index contributed by atoms with van der Waals surface area (Å²) in [5, 5.41) is 13.3. The second-order valence-corrected chi connectivity index (χ2v) is 4.88. The Labute approximate surface area is 120 Å². The van der Waals surface area contributed by atoms with Crippen LogP contribution in [0.2, 0.25) is 0 Å². The lowest BCUT2D eigenvalue weighted by atomic mass is 10.1. The molecule has 0 unspecified atom stereocenters. The van der Waals surface area contributed by atoms with Gasteiger partial charge in [-0.15, -0.1) is 0 Å². The average molecular weight is 284 g/mol. The Balaban J connectivity index is 1.86. The molecule has 21 heavy (non-hydrogen) atoms. The first-order valence-electron chi connectivity index (χ1n) is 6.48. The van der Waals surface area contributed by atoms with Gasteiger partial charge in [0, 0.05) is 5.56 Å². The summed E-state index contributed by atoms with van der Waals surface area (Å²) in [7, 11) is 0. The number of benzene rings is 2. The van der Waals surface area contributed by atoms with Crippen LogP contribution in [-0.2, 0) is 6.42 Å². The molecule has 0 aliphatic heterocycles. The van der Waals surface area contributed by atoms with Gasteiger partial charge >= 0.3 is 0 Å². The van der Waals surface area contributed by atoms with Crippen molar-refractivity contribution >= 4 is 0 Å². The second kappa shape index (κ2) is 5.36. The van der Waals surface area contributed by atoms with E-state index < -0.39 is 0 Å². The highest BCUT2D eigenvalue weighted by Crippen LogP contribution is 2.20. The first-order chi connectivity index (χ1) is 10.1. The molecule has 0 radical (unpaired) electrons. The van der Waals surface area contributed by atoms with Crippen LogP contribution in [0.3, 0.4) is 0 Å². The zero-order valence-electron chi connectivity index (χ0n) is 11.4. The van der Waals surface area contributed by atoms with Gasteiger partial charge in [0.1, 0.15) is 11.6 Å². The summed E-state index contributed by atoms with van der Waals surface area (Å²) in [5.74, 6) is 0.627. The number of rotatable bonds is 3. The van der Waals surface area contributed by atoms with E-state index in [0.29, 0.717) is 23.7 Å². The standard InChI is InChI=1S/C16H13FN2O2/c1-10-5-12(9-13(17)6-10)16-18-15(21-19-16)8-11-3-2-4-14(20)7-11/h2-7,9,20H,8H2,1H3. The fourth-order valence-corrected chi connectivity index (χ4v) is 2.15. The van der Waals surface area contributed by atoms with Crippen LogP contribution in [0.4, 0.5) is 4.39 Å². The van der Waals surface area contributed by atoms with E-state index in [0.717, 1.165) is 11.1 Å². The van der Waals surface area contributed by atoms with Crippen LogP contribution in [0.1, 0.15) is 17.0 Å². The third-order valence-corrected chi connectivity index (χ3v) is 3.03. The van der Waals surface area contributed by atoms with E-state index in [1.807, 2.05) is 6.07 Å². The summed E-state index contributed by atoms with van der Waals surface area (Å²) in [4.78, 5) is 4.26. The van der Waals surface area contributed by atoms with Crippen molar-refractivity contribution in [3.8, 4) is 17.1 Å². The third kappa shape index (κ3) is 3.08. The Morgan fingerprint density at radius 2 is 2.05 bits per heavy atom. The zero-order valence-corrected chi connectivity index (χ0v) is 11.4. The Kier molecular flexibility index (Phi) is 3.39. The molecule has 3 aromatic rings. The van der Waals surface area contributed by atoms with Crippen LogP contribution in [0, 0.1) is 12.7 Å². The first-order valence-corrected chi connectivity index (χ1v) is 6.48. The zero-order chi connectivity index (χ0) is 14.8. The van der Waals surface area contributed by atoms with Gasteiger partial charge in [-0.05, 0) is 48.4 Å². The van der Waals surface area contributed by atoms with Crippen LogP contribution >= 0.6 is 0 Å². The molecule has 0 bridgehead atoms. The number of halogens is 1. The SMILES string of the molecule is Cc1cc(F)cc(-c2noc(Cc3cccc(O)c3)n2)c1. The number of hydrogen-bond donors (Lipinski definition) is 1. The Morgan fingerprint density at radius 3 is 2.81 bits per heavy atom. The van der Waals surface area contributed by atoms with Gasteiger partial charge in [0.05, 0.1) is 6.42 Å². The van der Waals surface area contributed by atoms with Gasteiger partial charge in [-0.3, -0.25) is 0 Å². The highest BCUT2D eigenvalue weighted by molar-refractivity contribution is 5.55. The lowest BCUT2D eigenvalue weighted by Gasteiger charge is -1.98. The Bertz CT molecular complexity index is 763. The molecule has 1 aromatic heterocycles. The molecular formula is C16H13FN2O2. The molecule has 0 saturated carbocycles.